The molecule has 1 saturated heterocycles. The highest BCUT2D eigenvalue weighted by atomic mass is 16.6. The molecule has 1 heterocycles. The van der Waals surface area contributed by atoms with Crippen molar-refractivity contribution < 1.29 is 23.9 Å². The fourth-order valence-electron chi connectivity index (χ4n) is 4.98. The molecule has 2 fully saturated rings. The summed E-state index contributed by atoms with van der Waals surface area (Å²) in [7, 11) is 2.10. The van der Waals surface area contributed by atoms with Crippen LogP contribution in [0.15, 0.2) is 30.3 Å². The quantitative estimate of drug-likeness (QED) is 0.590. The summed E-state index contributed by atoms with van der Waals surface area (Å²) in [6.07, 6.45) is 1.83. The number of alkyl carbamates (subject to hydrolysis) is 2. The van der Waals surface area contributed by atoms with Gasteiger partial charge in [0.05, 0.1) is 12.1 Å². The molecule has 4 atom stereocenters. The van der Waals surface area contributed by atoms with Crippen LogP contribution in [0.1, 0.15) is 65.9 Å². The number of hydrogen-bond donors (Lipinski definition) is 2. The second-order valence-electron chi connectivity index (χ2n) is 11.1. The van der Waals surface area contributed by atoms with E-state index in [4.69, 9.17) is 9.47 Å². The molecule has 3 amide bonds. The minimum absolute atomic E-state index is 0.136. The molecule has 1 aliphatic carbocycles. The summed E-state index contributed by atoms with van der Waals surface area (Å²) in [5, 5.41) is 5.77. The normalized spacial score (nSPS) is 24.7. The second kappa shape index (κ2) is 12.0. The van der Waals surface area contributed by atoms with Crippen molar-refractivity contribution in [1.82, 2.24) is 20.4 Å². The summed E-state index contributed by atoms with van der Waals surface area (Å²) in [6.45, 7) is 10.5. The Kier molecular flexibility index (Phi) is 9.22. The Balaban J connectivity index is 1.63. The minimum Gasteiger partial charge on any atom is -0.445 e. The van der Waals surface area contributed by atoms with E-state index in [-0.39, 0.29) is 24.6 Å². The van der Waals surface area contributed by atoms with Gasteiger partial charge in [0.15, 0.2) is 0 Å². The van der Waals surface area contributed by atoms with Gasteiger partial charge in [-0.25, -0.2) is 9.59 Å². The standard InChI is InChI=1S/C27H42N4O5/c1-18(2)30(6)20-12-13-23(22(16-20)29-26(34)36-27(3,4)5)31-15-14-21(24(31)32)28-25(33)35-17-19-10-8-7-9-11-19/h7-11,18,20-23H,12-17H2,1-6H3,(H,28,33)(H,29,34)/t20-,21+,22-,23?/m1/s1. The lowest BCUT2D eigenvalue weighted by Crippen LogP contribution is -2.59. The van der Waals surface area contributed by atoms with Crippen LogP contribution in [-0.4, -0.2) is 77.3 Å². The first-order valence-electron chi connectivity index (χ1n) is 12.9. The molecular formula is C27H42N4O5. The van der Waals surface area contributed by atoms with Crippen LogP contribution in [0.3, 0.4) is 0 Å². The molecule has 9 heteroatoms. The number of hydrogen-bond acceptors (Lipinski definition) is 6. The molecular weight excluding hydrogens is 460 g/mol. The molecule has 0 spiro atoms. The zero-order chi connectivity index (χ0) is 26.5. The molecule has 9 nitrogen and oxygen atoms in total. The first kappa shape index (κ1) is 27.8. The Bertz CT molecular complexity index is 901. The Morgan fingerprint density at radius 2 is 1.78 bits per heavy atom. The third-order valence-corrected chi connectivity index (χ3v) is 7.02. The maximum absolute atomic E-state index is 13.3. The third-order valence-electron chi connectivity index (χ3n) is 7.02. The molecule has 0 radical (unpaired) electrons. The van der Waals surface area contributed by atoms with Crippen molar-refractivity contribution in [1.29, 1.82) is 0 Å². The van der Waals surface area contributed by atoms with Gasteiger partial charge in [0.2, 0.25) is 5.91 Å². The smallest absolute Gasteiger partial charge is 0.408 e. The fourth-order valence-corrected chi connectivity index (χ4v) is 4.98. The zero-order valence-corrected chi connectivity index (χ0v) is 22.5. The van der Waals surface area contributed by atoms with E-state index in [1.54, 1.807) is 0 Å². The van der Waals surface area contributed by atoms with Gasteiger partial charge in [-0.15, -0.1) is 0 Å². The third kappa shape index (κ3) is 7.59. The maximum atomic E-state index is 13.3. The van der Waals surface area contributed by atoms with Crippen LogP contribution in [0, 0.1) is 0 Å². The Morgan fingerprint density at radius 1 is 1.08 bits per heavy atom. The summed E-state index contributed by atoms with van der Waals surface area (Å²) in [4.78, 5) is 42.4. The summed E-state index contributed by atoms with van der Waals surface area (Å²) < 4.78 is 10.8. The van der Waals surface area contributed by atoms with Crippen molar-refractivity contribution >= 4 is 18.1 Å². The molecule has 1 aliphatic heterocycles. The van der Waals surface area contributed by atoms with E-state index in [9.17, 15) is 14.4 Å². The monoisotopic (exact) mass is 502 g/mol. The van der Waals surface area contributed by atoms with E-state index in [0.29, 0.717) is 25.0 Å². The van der Waals surface area contributed by atoms with Crippen LogP contribution >= 0.6 is 0 Å². The van der Waals surface area contributed by atoms with Crippen molar-refractivity contribution in [2.24, 2.45) is 0 Å². The predicted octanol–water partition coefficient (Wildman–Crippen LogP) is 3.67. The molecule has 1 aromatic carbocycles. The number of amides is 3. The number of benzene rings is 1. The van der Waals surface area contributed by atoms with Crippen LogP contribution in [0.5, 0.6) is 0 Å². The lowest BCUT2D eigenvalue weighted by Gasteiger charge is -2.44. The van der Waals surface area contributed by atoms with Gasteiger partial charge >= 0.3 is 12.2 Å². The number of carbonyl (C=O) groups is 3. The number of nitrogens with one attached hydrogen (secondary N) is 2. The molecule has 0 aromatic heterocycles. The number of nitrogens with zero attached hydrogens (tertiary/aromatic N) is 2. The van der Waals surface area contributed by atoms with Crippen LogP contribution < -0.4 is 10.6 Å². The van der Waals surface area contributed by atoms with Crippen molar-refractivity contribution in [2.75, 3.05) is 13.6 Å². The molecule has 36 heavy (non-hydrogen) atoms. The highest BCUT2D eigenvalue weighted by molar-refractivity contribution is 5.87. The topological polar surface area (TPSA) is 100 Å². The Hall–Kier alpha value is -2.81. The van der Waals surface area contributed by atoms with Gasteiger partial charge in [-0.3, -0.25) is 4.79 Å². The van der Waals surface area contributed by atoms with Gasteiger partial charge in [0, 0.05) is 18.6 Å². The van der Waals surface area contributed by atoms with Crippen LogP contribution in [0.2, 0.25) is 0 Å². The van der Waals surface area contributed by atoms with E-state index in [2.05, 4.69) is 36.4 Å². The first-order chi connectivity index (χ1) is 16.9. The first-order valence-corrected chi connectivity index (χ1v) is 12.9. The minimum atomic E-state index is -0.633. The molecule has 1 unspecified atom stereocenters. The second-order valence-corrected chi connectivity index (χ2v) is 11.1. The molecule has 1 aromatic rings. The summed E-state index contributed by atoms with van der Waals surface area (Å²) >= 11 is 0. The largest absolute Gasteiger partial charge is 0.445 e. The number of ether oxygens (including phenoxy) is 2. The molecule has 2 N–H and O–H groups in total. The van der Waals surface area contributed by atoms with Crippen LogP contribution in [0.4, 0.5) is 9.59 Å². The van der Waals surface area contributed by atoms with Gasteiger partial charge in [0.1, 0.15) is 18.2 Å². The van der Waals surface area contributed by atoms with Gasteiger partial charge in [0.25, 0.3) is 0 Å². The predicted molar refractivity (Wildman–Crippen MR) is 137 cm³/mol. The summed E-state index contributed by atoms with van der Waals surface area (Å²) in [5.41, 5.74) is 0.271. The van der Waals surface area contributed by atoms with Crippen molar-refractivity contribution in [3.63, 3.8) is 0 Å². The van der Waals surface area contributed by atoms with Gasteiger partial charge < -0.3 is 29.9 Å². The van der Waals surface area contributed by atoms with Crippen molar-refractivity contribution in [3.8, 4) is 0 Å². The summed E-state index contributed by atoms with van der Waals surface area (Å²) in [6, 6.07) is 9.04. The highest BCUT2D eigenvalue weighted by Gasteiger charge is 2.44. The van der Waals surface area contributed by atoms with E-state index >= 15 is 0 Å². The van der Waals surface area contributed by atoms with Crippen LogP contribution in [-0.2, 0) is 20.9 Å². The Morgan fingerprint density at radius 3 is 2.42 bits per heavy atom. The average molecular weight is 503 g/mol. The molecule has 2 aliphatic rings. The molecule has 0 bridgehead atoms. The fraction of sp³-hybridized carbons (Fsp3) is 0.667. The summed E-state index contributed by atoms with van der Waals surface area (Å²) in [5.74, 6) is -0.136. The maximum Gasteiger partial charge on any atom is 0.408 e. The van der Waals surface area contributed by atoms with Gasteiger partial charge in [-0.05, 0) is 72.9 Å². The van der Waals surface area contributed by atoms with E-state index in [1.165, 1.54) is 0 Å². The molecule has 3 rings (SSSR count). The van der Waals surface area contributed by atoms with Gasteiger partial charge in [-0.1, -0.05) is 30.3 Å². The Labute approximate surface area is 214 Å². The highest BCUT2D eigenvalue weighted by Crippen LogP contribution is 2.30. The van der Waals surface area contributed by atoms with E-state index in [1.807, 2.05) is 56.0 Å². The van der Waals surface area contributed by atoms with Crippen molar-refractivity contribution in [3.05, 3.63) is 35.9 Å². The molecule has 1 saturated carbocycles. The lowest BCUT2D eigenvalue weighted by atomic mass is 9.84. The lowest BCUT2D eigenvalue weighted by molar-refractivity contribution is -0.132. The zero-order valence-electron chi connectivity index (χ0n) is 22.5. The van der Waals surface area contributed by atoms with E-state index < -0.39 is 23.8 Å². The number of rotatable bonds is 7. The van der Waals surface area contributed by atoms with E-state index in [0.717, 1.165) is 24.8 Å². The number of carbonyl (C=O) groups excluding carboxylic acids is 3. The van der Waals surface area contributed by atoms with Crippen LogP contribution in [0.25, 0.3) is 0 Å². The SMILES string of the molecule is CC(C)N(C)[C@@H]1CCC(N2CC[C@H](NC(=O)OCc3ccccc3)C2=O)[C@H](NC(=O)OC(C)(C)C)C1. The average Bonchev–Trinajstić information content (AvgIpc) is 3.16. The number of likely N-dealkylation sites (tertiary alicyclic amines) is 1. The van der Waals surface area contributed by atoms with Crippen molar-refractivity contribution in [2.45, 2.75) is 103 Å². The molecule has 200 valence electrons. The van der Waals surface area contributed by atoms with Gasteiger partial charge in [-0.2, -0.15) is 0 Å².